The summed E-state index contributed by atoms with van der Waals surface area (Å²) in [5, 5.41) is 0. The average molecular weight is 363 g/mol. The van der Waals surface area contributed by atoms with E-state index in [4.69, 9.17) is 9.78 Å². The van der Waals surface area contributed by atoms with Crippen LogP contribution < -0.4 is 0 Å². The molecule has 0 N–H and O–H groups in total. The van der Waals surface area contributed by atoms with E-state index in [0.29, 0.717) is 18.1 Å². The number of benzene rings is 1. The summed E-state index contributed by atoms with van der Waals surface area (Å²) in [6.07, 6.45) is 13.0. The van der Waals surface area contributed by atoms with Crippen molar-refractivity contribution in [3.05, 3.63) is 35.4 Å². The van der Waals surface area contributed by atoms with Crippen molar-refractivity contribution in [2.24, 2.45) is 5.92 Å². The molecule has 0 heterocycles. The fourth-order valence-corrected chi connectivity index (χ4v) is 3.16. The molecule has 0 spiro atoms. The summed E-state index contributed by atoms with van der Waals surface area (Å²) in [5.41, 5.74) is 1.71. The van der Waals surface area contributed by atoms with Crippen molar-refractivity contribution in [1.82, 2.24) is 0 Å². The molecule has 0 aliphatic rings. The molecule has 3 nitrogen and oxygen atoms in total. The van der Waals surface area contributed by atoms with Gasteiger partial charge < -0.3 is 0 Å². The molecule has 0 saturated carbocycles. The lowest BCUT2D eigenvalue weighted by Gasteiger charge is -2.14. The van der Waals surface area contributed by atoms with Gasteiger partial charge in [0, 0.05) is 0 Å². The van der Waals surface area contributed by atoms with E-state index in [1.165, 1.54) is 44.9 Å². The second kappa shape index (κ2) is 14.8. The highest BCUT2D eigenvalue weighted by Crippen LogP contribution is 2.17. The minimum Gasteiger partial charge on any atom is -0.293 e. The predicted octanol–water partition coefficient (Wildman–Crippen LogP) is 6.89. The van der Waals surface area contributed by atoms with Gasteiger partial charge in [-0.3, -0.25) is 4.89 Å². The van der Waals surface area contributed by atoms with Crippen molar-refractivity contribution in [3.8, 4) is 0 Å². The summed E-state index contributed by atoms with van der Waals surface area (Å²) in [6.45, 7) is 7.06. The van der Waals surface area contributed by atoms with Crippen LogP contribution in [0.1, 0.15) is 101 Å². The zero-order valence-corrected chi connectivity index (χ0v) is 17.1. The number of rotatable bonds is 15. The van der Waals surface area contributed by atoms with Gasteiger partial charge in [0.1, 0.15) is 0 Å². The number of aryl methyl sites for hydroxylation is 1. The van der Waals surface area contributed by atoms with Crippen LogP contribution >= 0.6 is 0 Å². The molecular weight excluding hydrogens is 324 g/mol. The highest BCUT2D eigenvalue weighted by Gasteiger charge is 2.14. The molecular formula is C23H38O3. The van der Waals surface area contributed by atoms with Gasteiger partial charge in [-0.1, -0.05) is 90.3 Å². The Morgan fingerprint density at radius 3 is 2.35 bits per heavy atom. The molecule has 0 bridgehead atoms. The third kappa shape index (κ3) is 9.38. The highest BCUT2D eigenvalue weighted by atomic mass is 17.2. The molecule has 1 aromatic rings. The Bertz CT molecular complexity index is 484. The monoisotopic (exact) mass is 362 g/mol. The van der Waals surface area contributed by atoms with Crippen LogP contribution in [0.2, 0.25) is 0 Å². The number of unbranched alkanes of at least 4 members (excludes halogenated alkanes) is 6. The molecule has 0 aromatic heterocycles. The Hall–Kier alpha value is -1.35. The SMILES string of the molecule is CCCCCCCCc1ccccc1C(=O)OOCC(CC)CCCC. The first-order valence-corrected chi connectivity index (χ1v) is 10.6. The van der Waals surface area contributed by atoms with Gasteiger partial charge in [-0.05, 0) is 36.8 Å². The zero-order valence-electron chi connectivity index (χ0n) is 17.1. The largest absolute Gasteiger partial charge is 0.373 e. The maximum absolute atomic E-state index is 12.4. The average Bonchev–Trinajstić information content (AvgIpc) is 2.67. The van der Waals surface area contributed by atoms with Crippen molar-refractivity contribution in [3.63, 3.8) is 0 Å². The van der Waals surface area contributed by atoms with Crippen molar-refractivity contribution in [2.75, 3.05) is 6.61 Å². The Kier molecular flexibility index (Phi) is 12.9. The predicted molar refractivity (Wildman–Crippen MR) is 108 cm³/mol. The van der Waals surface area contributed by atoms with Crippen molar-refractivity contribution in [1.29, 1.82) is 0 Å². The normalized spacial score (nSPS) is 12.1. The summed E-state index contributed by atoms with van der Waals surface area (Å²) in [4.78, 5) is 22.8. The van der Waals surface area contributed by atoms with Gasteiger partial charge in [0.15, 0.2) is 0 Å². The van der Waals surface area contributed by atoms with Crippen LogP contribution in [-0.2, 0) is 16.2 Å². The third-order valence-electron chi connectivity index (χ3n) is 5.02. The van der Waals surface area contributed by atoms with E-state index in [0.717, 1.165) is 31.2 Å². The van der Waals surface area contributed by atoms with Crippen molar-refractivity contribution in [2.45, 2.75) is 91.4 Å². The van der Waals surface area contributed by atoms with E-state index in [2.05, 4.69) is 20.8 Å². The van der Waals surface area contributed by atoms with E-state index >= 15 is 0 Å². The lowest BCUT2D eigenvalue weighted by molar-refractivity contribution is -0.249. The van der Waals surface area contributed by atoms with Crippen LogP contribution in [0.3, 0.4) is 0 Å². The summed E-state index contributed by atoms with van der Waals surface area (Å²) in [7, 11) is 0. The molecule has 3 heteroatoms. The van der Waals surface area contributed by atoms with Crippen LogP contribution in [0.15, 0.2) is 24.3 Å². The van der Waals surface area contributed by atoms with Crippen LogP contribution in [0, 0.1) is 5.92 Å². The molecule has 0 aliphatic carbocycles. The molecule has 1 rings (SSSR count). The van der Waals surface area contributed by atoms with E-state index in [-0.39, 0.29) is 5.97 Å². The number of hydrogen-bond acceptors (Lipinski definition) is 3. The van der Waals surface area contributed by atoms with Crippen LogP contribution in [-0.4, -0.2) is 12.6 Å². The van der Waals surface area contributed by atoms with E-state index in [1.54, 1.807) is 0 Å². The number of hydrogen-bond donors (Lipinski definition) is 0. The van der Waals surface area contributed by atoms with Crippen molar-refractivity contribution < 1.29 is 14.6 Å². The van der Waals surface area contributed by atoms with Crippen LogP contribution in [0.4, 0.5) is 0 Å². The quantitative estimate of drug-likeness (QED) is 0.193. The Labute approximate surface area is 160 Å². The molecule has 0 saturated heterocycles. The third-order valence-corrected chi connectivity index (χ3v) is 5.02. The molecule has 148 valence electrons. The second-order valence-electron chi connectivity index (χ2n) is 7.25. The Morgan fingerprint density at radius 1 is 0.923 bits per heavy atom. The zero-order chi connectivity index (χ0) is 19.0. The maximum Gasteiger partial charge on any atom is 0.373 e. The molecule has 0 fully saturated rings. The molecule has 1 aromatic carbocycles. The van der Waals surface area contributed by atoms with Crippen LogP contribution in [0.5, 0.6) is 0 Å². The van der Waals surface area contributed by atoms with E-state index < -0.39 is 0 Å². The van der Waals surface area contributed by atoms with Gasteiger partial charge in [-0.15, -0.1) is 0 Å². The summed E-state index contributed by atoms with van der Waals surface area (Å²) in [6, 6.07) is 7.74. The first-order valence-electron chi connectivity index (χ1n) is 10.6. The fourth-order valence-electron chi connectivity index (χ4n) is 3.16. The lowest BCUT2D eigenvalue weighted by Crippen LogP contribution is -2.14. The first-order chi connectivity index (χ1) is 12.7. The standard InChI is InChI=1S/C23H38O3/c1-4-7-9-10-11-12-16-21-17-13-14-18-22(21)23(24)26-25-19-20(6-3)15-8-5-2/h13-14,17-18,20H,4-12,15-16,19H2,1-3H3. The van der Waals surface area contributed by atoms with Gasteiger partial charge in [0.2, 0.25) is 0 Å². The summed E-state index contributed by atoms with van der Waals surface area (Å²) in [5.74, 6) is 0.0954. The minimum absolute atomic E-state index is 0.364. The minimum atomic E-state index is -0.364. The Morgan fingerprint density at radius 2 is 1.62 bits per heavy atom. The van der Waals surface area contributed by atoms with Gasteiger partial charge in [-0.25, -0.2) is 4.79 Å². The van der Waals surface area contributed by atoms with Gasteiger partial charge in [0.25, 0.3) is 0 Å². The molecule has 1 unspecified atom stereocenters. The van der Waals surface area contributed by atoms with Crippen LogP contribution in [0.25, 0.3) is 0 Å². The van der Waals surface area contributed by atoms with E-state index in [9.17, 15) is 4.79 Å². The molecule has 0 radical (unpaired) electrons. The summed E-state index contributed by atoms with van der Waals surface area (Å²) >= 11 is 0. The maximum atomic E-state index is 12.4. The molecule has 0 aliphatic heterocycles. The smallest absolute Gasteiger partial charge is 0.293 e. The lowest BCUT2D eigenvalue weighted by atomic mass is 10.0. The number of carbonyl (C=O) groups is 1. The first kappa shape index (κ1) is 22.7. The Balaban J connectivity index is 2.40. The molecule has 26 heavy (non-hydrogen) atoms. The highest BCUT2D eigenvalue weighted by molar-refractivity contribution is 5.90. The second-order valence-corrected chi connectivity index (χ2v) is 7.25. The van der Waals surface area contributed by atoms with E-state index in [1.807, 2.05) is 24.3 Å². The summed E-state index contributed by atoms with van der Waals surface area (Å²) < 4.78 is 0. The molecule has 1 atom stereocenters. The van der Waals surface area contributed by atoms with Gasteiger partial charge in [-0.2, -0.15) is 4.89 Å². The van der Waals surface area contributed by atoms with Crippen molar-refractivity contribution >= 4 is 5.97 Å². The van der Waals surface area contributed by atoms with Gasteiger partial charge in [0.05, 0.1) is 12.2 Å². The fraction of sp³-hybridized carbons (Fsp3) is 0.696. The number of carbonyl (C=O) groups excluding carboxylic acids is 1. The van der Waals surface area contributed by atoms with Gasteiger partial charge >= 0.3 is 5.97 Å². The topological polar surface area (TPSA) is 35.5 Å². The molecule has 0 amide bonds.